The van der Waals surface area contributed by atoms with Crippen molar-refractivity contribution in [1.29, 1.82) is 0 Å². The number of rotatable bonds is 5. The molecule has 26 heavy (non-hydrogen) atoms. The summed E-state index contributed by atoms with van der Waals surface area (Å²) in [5.41, 5.74) is 1.86. The lowest BCUT2D eigenvalue weighted by atomic mass is 10.1. The first-order valence-electron chi connectivity index (χ1n) is 8.71. The van der Waals surface area contributed by atoms with Gasteiger partial charge in [0.05, 0.1) is 29.3 Å². The van der Waals surface area contributed by atoms with Crippen molar-refractivity contribution in [3.05, 3.63) is 59.1 Å². The van der Waals surface area contributed by atoms with Gasteiger partial charge in [-0.05, 0) is 42.7 Å². The van der Waals surface area contributed by atoms with Crippen molar-refractivity contribution >= 4 is 44.2 Å². The molecule has 1 aromatic heterocycles. The highest BCUT2D eigenvalue weighted by atomic mass is 35.5. The van der Waals surface area contributed by atoms with E-state index >= 15 is 0 Å². The van der Waals surface area contributed by atoms with Crippen LogP contribution < -0.4 is 4.90 Å². The van der Waals surface area contributed by atoms with Gasteiger partial charge in [-0.25, -0.2) is 4.98 Å². The van der Waals surface area contributed by atoms with Gasteiger partial charge in [0.25, 0.3) is 0 Å². The third kappa shape index (κ3) is 3.90. The molecule has 0 unspecified atom stereocenters. The number of aromatic nitrogens is 1. The standard InChI is InChI=1S/C20H19ClN2O2S/c21-15-9-7-14(8-10-15)12-19(24)23(13-16-4-3-11-25-16)20-22-17-5-1-2-6-18(17)26-20/h1-2,5-10,16H,3-4,11-13H2/t16-/m1/s1. The van der Waals surface area contributed by atoms with E-state index in [-0.39, 0.29) is 12.0 Å². The number of carbonyl (C=O) groups is 1. The Hall–Kier alpha value is -1.95. The van der Waals surface area contributed by atoms with Gasteiger partial charge in [0.1, 0.15) is 0 Å². The van der Waals surface area contributed by atoms with Gasteiger partial charge in [0.15, 0.2) is 5.13 Å². The molecule has 6 heteroatoms. The Morgan fingerprint density at radius 1 is 1.23 bits per heavy atom. The van der Waals surface area contributed by atoms with Gasteiger partial charge in [0, 0.05) is 11.6 Å². The van der Waals surface area contributed by atoms with Crippen LogP contribution in [0.15, 0.2) is 48.5 Å². The Morgan fingerprint density at radius 3 is 2.77 bits per heavy atom. The van der Waals surface area contributed by atoms with Crippen LogP contribution in [0.25, 0.3) is 10.2 Å². The van der Waals surface area contributed by atoms with Gasteiger partial charge >= 0.3 is 0 Å². The van der Waals surface area contributed by atoms with E-state index in [9.17, 15) is 4.79 Å². The number of halogens is 1. The number of amides is 1. The lowest BCUT2D eigenvalue weighted by molar-refractivity contribution is -0.118. The minimum Gasteiger partial charge on any atom is -0.376 e. The van der Waals surface area contributed by atoms with Crippen molar-refractivity contribution in [2.24, 2.45) is 0 Å². The van der Waals surface area contributed by atoms with E-state index in [1.54, 1.807) is 16.2 Å². The van der Waals surface area contributed by atoms with Crippen LogP contribution in [0.2, 0.25) is 5.02 Å². The van der Waals surface area contributed by atoms with Gasteiger partial charge in [-0.15, -0.1) is 0 Å². The molecule has 1 atom stereocenters. The van der Waals surface area contributed by atoms with Crippen LogP contribution in [-0.4, -0.2) is 30.1 Å². The van der Waals surface area contributed by atoms with Crippen LogP contribution in [0.4, 0.5) is 5.13 Å². The number of ether oxygens (including phenoxy) is 1. The number of anilines is 1. The fraction of sp³-hybridized carbons (Fsp3) is 0.300. The summed E-state index contributed by atoms with van der Waals surface area (Å²) in [4.78, 5) is 19.5. The summed E-state index contributed by atoms with van der Waals surface area (Å²) in [5, 5.41) is 1.41. The van der Waals surface area contributed by atoms with E-state index in [0.717, 1.165) is 40.4 Å². The van der Waals surface area contributed by atoms with E-state index in [0.29, 0.717) is 18.0 Å². The molecule has 1 saturated heterocycles. The zero-order valence-electron chi connectivity index (χ0n) is 14.2. The van der Waals surface area contributed by atoms with Crippen molar-refractivity contribution in [1.82, 2.24) is 4.98 Å². The molecule has 4 rings (SSSR count). The Morgan fingerprint density at radius 2 is 2.04 bits per heavy atom. The third-order valence-electron chi connectivity index (χ3n) is 4.49. The maximum absolute atomic E-state index is 13.1. The van der Waals surface area contributed by atoms with Crippen LogP contribution in [0.1, 0.15) is 18.4 Å². The van der Waals surface area contributed by atoms with Crippen molar-refractivity contribution in [3.8, 4) is 0 Å². The molecular formula is C20H19ClN2O2S. The number of nitrogens with zero attached hydrogens (tertiary/aromatic N) is 2. The van der Waals surface area contributed by atoms with Crippen molar-refractivity contribution in [2.45, 2.75) is 25.4 Å². The summed E-state index contributed by atoms with van der Waals surface area (Å²) in [6.45, 7) is 1.32. The SMILES string of the molecule is O=C(Cc1ccc(Cl)cc1)N(C[C@H]1CCCO1)c1nc2ccccc2s1. The highest BCUT2D eigenvalue weighted by Crippen LogP contribution is 2.30. The molecule has 1 amide bonds. The van der Waals surface area contributed by atoms with E-state index in [4.69, 9.17) is 16.3 Å². The molecule has 0 N–H and O–H groups in total. The molecular weight excluding hydrogens is 368 g/mol. The predicted molar refractivity (Wildman–Crippen MR) is 106 cm³/mol. The number of hydrogen-bond donors (Lipinski definition) is 0. The molecule has 2 heterocycles. The summed E-state index contributed by atoms with van der Waals surface area (Å²) >= 11 is 7.49. The average molecular weight is 387 g/mol. The molecule has 2 aromatic carbocycles. The summed E-state index contributed by atoms with van der Waals surface area (Å²) in [5.74, 6) is 0.0295. The van der Waals surface area contributed by atoms with Gasteiger partial charge < -0.3 is 4.74 Å². The number of hydrogen-bond acceptors (Lipinski definition) is 4. The highest BCUT2D eigenvalue weighted by Gasteiger charge is 2.26. The van der Waals surface area contributed by atoms with Gasteiger partial charge in [-0.2, -0.15) is 0 Å². The van der Waals surface area contributed by atoms with Crippen molar-refractivity contribution < 1.29 is 9.53 Å². The van der Waals surface area contributed by atoms with Gasteiger partial charge in [0.2, 0.25) is 5.91 Å². The monoisotopic (exact) mass is 386 g/mol. The molecule has 1 fully saturated rings. The second-order valence-corrected chi connectivity index (χ2v) is 7.85. The number of carbonyl (C=O) groups excluding carboxylic acids is 1. The number of benzene rings is 2. The normalized spacial score (nSPS) is 16.9. The van der Waals surface area contributed by atoms with E-state index in [2.05, 4.69) is 4.98 Å². The Bertz CT molecular complexity index is 871. The second kappa shape index (κ2) is 7.74. The molecule has 134 valence electrons. The summed E-state index contributed by atoms with van der Waals surface area (Å²) in [6, 6.07) is 15.4. The maximum Gasteiger partial charge on any atom is 0.233 e. The quantitative estimate of drug-likeness (QED) is 0.638. The zero-order chi connectivity index (χ0) is 17.9. The predicted octanol–water partition coefficient (Wildman–Crippen LogP) is 4.70. The van der Waals surface area contributed by atoms with Crippen LogP contribution in [0.3, 0.4) is 0 Å². The van der Waals surface area contributed by atoms with Crippen molar-refractivity contribution in [2.75, 3.05) is 18.1 Å². The maximum atomic E-state index is 13.1. The molecule has 3 aromatic rings. The van der Waals surface area contributed by atoms with E-state index in [1.165, 1.54) is 0 Å². The van der Waals surface area contributed by atoms with Crippen LogP contribution in [0, 0.1) is 0 Å². The number of thiazole rings is 1. The lowest BCUT2D eigenvalue weighted by Crippen LogP contribution is -2.38. The first-order chi connectivity index (χ1) is 12.7. The molecule has 0 aliphatic carbocycles. The molecule has 0 radical (unpaired) electrons. The molecule has 1 aliphatic heterocycles. The first-order valence-corrected chi connectivity index (χ1v) is 9.90. The Labute approximate surface area is 161 Å². The molecule has 4 nitrogen and oxygen atoms in total. The smallest absolute Gasteiger partial charge is 0.233 e. The Balaban J connectivity index is 1.60. The minimum atomic E-state index is 0.0295. The molecule has 0 spiro atoms. The largest absolute Gasteiger partial charge is 0.376 e. The van der Waals surface area contributed by atoms with Crippen LogP contribution in [-0.2, 0) is 16.0 Å². The van der Waals surface area contributed by atoms with Crippen LogP contribution >= 0.6 is 22.9 Å². The Kier molecular flexibility index (Phi) is 5.20. The summed E-state index contributed by atoms with van der Waals surface area (Å²) in [7, 11) is 0. The van der Waals surface area contributed by atoms with E-state index < -0.39 is 0 Å². The van der Waals surface area contributed by atoms with Gasteiger partial charge in [-0.1, -0.05) is 47.2 Å². The third-order valence-corrected chi connectivity index (χ3v) is 5.80. The van der Waals surface area contributed by atoms with Crippen LogP contribution in [0.5, 0.6) is 0 Å². The topological polar surface area (TPSA) is 42.4 Å². The molecule has 0 saturated carbocycles. The van der Waals surface area contributed by atoms with E-state index in [1.807, 2.05) is 48.5 Å². The number of para-hydroxylation sites is 1. The second-order valence-electron chi connectivity index (χ2n) is 6.41. The molecule has 0 bridgehead atoms. The average Bonchev–Trinajstić information content (AvgIpc) is 3.30. The molecule has 1 aliphatic rings. The summed E-state index contributed by atoms with van der Waals surface area (Å²) < 4.78 is 6.84. The fourth-order valence-corrected chi connectivity index (χ4v) is 4.24. The van der Waals surface area contributed by atoms with Gasteiger partial charge in [-0.3, -0.25) is 9.69 Å². The summed E-state index contributed by atoms with van der Waals surface area (Å²) in [6.07, 6.45) is 2.43. The van der Waals surface area contributed by atoms with Crippen molar-refractivity contribution in [3.63, 3.8) is 0 Å². The lowest BCUT2D eigenvalue weighted by Gasteiger charge is -2.23. The highest BCUT2D eigenvalue weighted by molar-refractivity contribution is 7.22. The minimum absolute atomic E-state index is 0.0295. The number of fused-ring (bicyclic) bond motifs is 1. The first kappa shape index (κ1) is 17.5. The fourth-order valence-electron chi connectivity index (χ4n) is 3.13. The zero-order valence-corrected chi connectivity index (χ0v) is 15.8.